The van der Waals surface area contributed by atoms with E-state index in [1.807, 2.05) is 29.3 Å². The summed E-state index contributed by atoms with van der Waals surface area (Å²) in [5.41, 5.74) is 5.69. The van der Waals surface area contributed by atoms with Crippen LogP contribution in [0.1, 0.15) is 25.7 Å². The number of carbonyl (C=O) groups excluding carboxylic acids is 1. The van der Waals surface area contributed by atoms with Crippen molar-refractivity contribution in [1.82, 2.24) is 24.8 Å². The number of nitrogens with one attached hydrogen (secondary N) is 2. The molecule has 7 nitrogen and oxygen atoms in total. The first kappa shape index (κ1) is 21.2. The van der Waals surface area contributed by atoms with E-state index in [4.69, 9.17) is 16.6 Å². The predicted molar refractivity (Wildman–Crippen MR) is 135 cm³/mol. The summed E-state index contributed by atoms with van der Waals surface area (Å²) in [5.74, 6) is 0.642. The summed E-state index contributed by atoms with van der Waals surface area (Å²) < 4.78 is 0. The highest BCUT2D eigenvalue weighted by Gasteiger charge is 2.46. The molecule has 2 aliphatic carbocycles. The zero-order chi connectivity index (χ0) is 23.3. The van der Waals surface area contributed by atoms with Crippen LogP contribution < -0.4 is 5.32 Å². The van der Waals surface area contributed by atoms with E-state index in [0.717, 1.165) is 74.0 Å². The molecular weight excluding hydrogens is 448 g/mol. The van der Waals surface area contributed by atoms with E-state index in [1.54, 1.807) is 6.20 Å². The van der Waals surface area contributed by atoms with Crippen molar-refractivity contribution in [3.63, 3.8) is 0 Å². The molecule has 174 valence electrons. The van der Waals surface area contributed by atoms with E-state index in [-0.39, 0.29) is 11.4 Å². The maximum atomic E-state index is 11.9. The normalized spacial score (nSPS) is 22.0. The molecule has 3 heterocycles. The molecule has 2 aromatic heterocycles. The second-order valence-electron chi connectivity index (χ2n) is 9.46. The van der Waals surface area contributed by atoms with Gasteiger partial charge >= 0.3 is 0 Å². The van der Waals surface area contributed by atoms with E-state index in [0.29, 0.717) is 11.0 Å². The molecular formula is C26H27ClN6O. The third kappa shape index (κ3) is 3.55. The summed E-state index contributed by atoms with van der Waals surface area (Å²) >= 11 is 6.54. The Morgan fingerprint density at radius 3 is 2.85 bits per heavy atom. The molecule has 8 heteroatoms. The van der Waals surface area contributed by atoms with Crippen molar-refractivity contribution < 1.29 is 4.79 Å². The zero-order valence-electron chi connectivity index (χ0n) is 19.0. The molecule has 2 fully saturated rings. The number of piperazine rings is 1. The van der Waals surface area contributed by atoms with E-state index in [1.165, 1.54) is 17.3 Å². The molecule has 2 N–H and O–H groups in total. The molecule has 1 aromatic carbocycles. The molecule has 1 amide bonds. The molecule has 3 aliphatic rings. The standard InChI is InChI=1S/C26H27ClN6O/c1-2-23(34)33-11-9-32(10-12-33)22-14-26(8-7-17(22)13-26)31-25-29-16-20(27)24(30-25)19-15-28-21-6-4-3-5-18(19)21/h2-6,15-16,28H,1,7-14H2,(H,29,30,31). The van der Waals surface area contributed by atoms with E-state index < -0.39 is 0 Å². The molecule has 34 heavy (non-hydrogen) atoms. The number of hydrogen-bond donors (Lipinski definition) is 2. The SMILES string of the molecule is C=CC(=O)N1CCN(C2=C3CCC(Nc4ncc(Cl)c(-c5c[nH]c6ccccc56)n4)(C3)C2)CC1. The van der Waals surface area contributed by atoms with Crippen LogP contribution >= 0.6 is 11.6 Å². The Kier molecular flexibility index (Phi) is 5.10. The van der Waals surface area contributed by atoms with Gasteiger partial charge in [0.2, 0.25) is 11.9 Å². The average molecular weight is 475 g/mol. The van der Waals surface area contributed by atoms with Gasteiger partial charge in [0.05, 0.1) is 16.9 Å². The number of anilines is 1. The quantitative estimate of drug-likeness (QED) is 0.528. The smallest absolute Gasteiger partial charge is 0.246 e. The molecule has 1 unspecified atom stereocenters. The Balaban J connectivity index is 1.20. The minimum atomic E-state index is -0.0515. The number of nitrogens with zero attached hydrogens (tertiary/aromatic N) is 4. The van der Waals surface area contributed by atoms with Crippen LogP contribution in [0.15, 0.2) is 60.6 Å². The first-order valence-corrected chi connectivity index (χ1v) is 12.2. The van der Waals surface area contributed by atoms with Crippen molar-refractivity contribution in [2.75, 3.05) is 31.5 Å². The molecule has 1 saturated carbocycles. The molecule has 1 aliphatic heterocycles. The Morgan fingerprint density at radius 2 is 2.03 bits per heavy atom. The number of aromatic amines is 1. The Hall–Kier alpha value is -3.32. The first-order chi connectivity index (χ1) is 16.5. The highest BCUT2D eigenvalue weighted by atomic mass is 35.5. The van der Waals surface area contributed by atoms with Gasteiger partial charge in [-0.2, -0.15) is 0 Å². The van der Waals surface area contributed by atoms with Gasteiger partial charge in [-0.25, -0.2) is 9.97 Å². The number of amides is 1. The Bertz CT molecular complexity index is 1320. The first-order valence-electron chi connectivity index (χ1n) is 11.8. The van der Waals surface area contributed by atoms with Crippen molar-refractivity contribution in [3.8, 4) is 11.3 Å². The Morgan fingerprint density at radius 1 is 1.21 bits per heavy atom. The second kappa shape index (κ2) is 8.17. The third-order valence-electron chi connectivity index (χ3n) is 7.48. The number of hydrogen-bond acceptors (Lipinski definition) is 5. The summed E-state index contributed by atoms with van der Waals surface area (Å²) in [7, 11) is 0. The van der Waals surface area contributed by atoms with Gasteiger partial charge in [0.15, 0.2) is 0 Å². The highest BCUT2D eigenvalue weighted by Crippen LogP contribution is 2.50. The predicted octanol–water partition coefficient (Wildman–Crippen LogP) is 4.60. The van der Waals surface area contributed by atoms with Gasteiger partial charge < -0.3 is 20.1 Å². The van der Waals surface area contributed by atoms with Gasteiger partial charge in [0, 0.05) is 66.5 Å². The number of carbonyl (C=O) groups is 1. The monoisotopic (exact) mass is 474 g/mol. The summed E-state index contributed by atoms with van der Waals surface area (Å²) in [5, 5.41) is 5.32. The highest BCUT2D eigenvalue weighted by molar-refractivity contribution is 6.33. The maximum Gasteiger partial charge on any atom is 0.246 e. The van der Waals surface area contributed by atoms with Crippen molar-refractivity contribution in [2.24, 2.45) is 0 Å². The lowest BCUT2D eigenvalue weighted by Gasteiger charge is -2.39. The number of fused-ring (bicyclic) bond motifs is 3. The van der Waals surface area contributed by atoms with Crippen molar-refractivity contribution in [1.29, 1.82) is 0 Å². The fourth-order valence-electron chi connectivity index (χ4n) is 5.75. The minimum absolute atomic E-state index is 0.0225. The maximum absolute atomic E-state index is 11.9. The summed E-state index contributed by atoms with van der Waals surface area (Å²) in [6.45, 7) is 6.85. The fourth-order valence-corrected chi connectivity index (χ4v) is 5.94. The summed E-state index contributed by atoms with van der Waals surface area (Å²) in [6, 6.07) is 8.15. The number of benzene rings is 1. The van der Waals surface area contributed by atoms with Gasteiger partial charge in [0.25, 0.3) is 0 Å². The minimum Gasteiger partial charge on any atom is -0.371 e. The van der Waals surface area contributed by atoms with E-state index >= 15 is 0 Å². The van der Waals surface area contributed by atoms with Crippen LogP contribution in [-0.4, -0.2) is 62.4 Å². The number of H-pyrrole nitrogens is 1. The van der Waals surface area contributed by atoms with Gasteiger partial charge in [-0.05, 0) is 37.0 Å². The molecule has 1 atom stereocenters. The second-order valence-corrected chi connectivity index (χ2v) is 9.87. The zero-order valence-corrected chi connectivity index (χ0v) is 19.7. The lowest BCUT2D eigenvalue weighted by molar-refractivity contribution is -0.127. The largest absolute Gasteiger partial charge is 0.371 e. The van der Waals surface area contributed by atoms with Crippen molar-refractivity contribution in [2.45, 2.75) is 31.2 Å². The van der Waals surface area contributed by atoms with Crippen LogP contribution in [0.5, 0.6) is 0 Å². The topological polar surface area (TPSA) is 77.2 Å². The molecule has 6 rings (SSSR count). The van der Waals surface area contributed by atoms with Crippen LogP contribution in [0.3, 0.4) is 0 Å². The van der Waals surface area contributed by atoms with Crippen LogP contribution in [-0.2, 0) is 4.79 Å². The molecule has 3 aromatic rings. The molecule has 1 saturated heterocycles. The van der Waals surface area contributed by atoms with Gasteiger partial charge in [-0.3, -0.25) is 4.79 Å². The van der Waals surface area contributed by atoms with Gasteiger partial charge in [-0.1, -0.05) is 36.4 Å². The van der Waals surface area contributed by atoms with Gasteiger partial charge in [0.1, 0.15) is 0 Å². The van der Waals surface area contributed by atoms with Crippen LogP contribution in [0.2, 0.25) is 5.02 Å². The van der Waals surface area contributed by atoms with Crippen molar-refractivity contribution in [3.05, 3.63) is 65.6 Å². The molecule has 0 radical (unpaired) electrons. The Labute approximate surface area is 203 Å². The summed E-state index contributed by atoms with van der Waals surface area (Å²) in [4.78, 5) is 29.0. The van der Waals surface area contributed by atoms with E-state index in [9.17, 15) is 4.79 Å². The average Bonchev–Trinajstić information content (AvgIpc) is 3.58. The van der Waals surface area contributed by atoms with Crippen LogP contribution in [0, 0.1) is 0 Å². The lowest BCUT2D eigenvalue weighted by atomic mass is 9.93. The summed E-state index contributed by atoms with van der Waals surface area (Å²) in [6.07, 6.45) is 9.21. The number of rotatable bonds is 5. The van der Waals surface area contributed by atoms with E-state index in [2.05, 4.69) is 32.8 Å². The molecule has 0 spiro atoms. The third-order valence-corrected chi connectivity index (χ3v) is 7.76. The lowest BCUT2D eigenvalue weighted by Crippen LogP contribution is -2.48. The number of aromatic nitrogens is 3. The number of halogens is 1. The van der Waals surface area contributed by atoms with Crippen LogP contribution in [0.4, 0.5) is 5.95 Å². The number of para-hydroxylation sites is 1. The fraction of sp³-hybridized carbons (Fsp3) is 0.346. The van der Waals surface area contributed by atoms with Crippen molar-refractivity contribution >= 4 is 34.4 Å². The molecule has 2 bridgehead atoms. The van der Waals surface area contributed by atoms with Crippen LogP contribution in [0.25, 0.3) is 22.2 Å². The van der Waals surface area contributed by atoms with Gasteiger partial charge in [-0.15, -0.1) is 0 Å².